The van der Waals surface area contributed by atoms with Crippen LogP contribution in [0.5, 0.6) is 11.5 Å². The molecule has 1 atom stereocenters. The Kier molecular flexibility index (Phi) is 5.40. The van der Waals surface area contributed by atoms with E-state index in [9.17, 15) is 4.79 Å². The molecule has 5 rings (SSSR count). The van der Waals surface area contributed by atoms with Crippen LogP contribution in [0.15, 0.2) is 71.8 Å². The van der Waals surface area contributed by atoms with Gasteiger partial charge in [-0.05, 0) is 62.2 Å². The van der Waals surface area contributed by atoms with Gasteiger partial charge in [0.25, 0.3) is 5.91 Å². The summed E-state index contributed by atoms with van der Waals surface area (Å²) in [6.07, 6.45) is 0.785. The Bertz CT molecular complexity index is 1260. The molecule has 174 valence electrons. The molecule has 34 heavy (non-hydrogen) atoms. The van der Waals surface area contributed by atoms with E-state index in [0.717, 1.165) is 17.7 Å². The van der Waals surface area contributed by atoms with Gasteiger partial charge in [0.15, 0.2) is 17.2 Å². The first-order valence-electron chi connectivity index (χ1n) is 11.3. The number of nitrogens with one attached hydrogen (secondary N) is 1. The van der Waals surface area contributed by atoms with Crippen LogP contribution in [0.2, 0.25) is 0 Å². The largest absolute Gasteiger partial charge is 0.493 e. The molecule has 1 N–H and O–H groups in total. The minimum atomic E-state index is -0.665. The molecule has 7 nitrogen and oxygen atoms in total. The third-order valence-corrected chi connectivity index (χ3v) is 6.65. The quantitative estimate of drug-likeness (QED) is 0.635. The molecule has 0 aromatic heterocycles. The van der Waals surface area contributed by atoms with E-state index in [1.165, 1.54) is 11.1 Å². The third kappa shape index (κ3) is 3.44. The zero-order chi connectivity index (χ0) is 23.9. The number of methoxy groups -OCH3 is 2. The molecule has 7 heteroatoms. The number of nitrogens with zero attached hydrogens (tertiary/aromatic N) is 3. The summed E-state index contributed by atoms with van der Waals surface area (Å²) in [6, 6.07) is 21.5. The molecule has 1 amide bonds. The van der Waals surface area contributed by atoms with Gasteiger partial charge in [0, 0.05) is 17.7 Å². The standard InChI is InChI=1S/C27H28N4O3/c1-18-10-12-21(13-11-18)31-27(2)22-17-24(34-4)23(33-3)16-20(22)14-15-30(27)26(29-31)28-25(32)19-8-6-5-7-9-19/h5-13,16-17H,14-15H2,1-4H3,(H,28,29,32)/t27-/m0/s1. The lowest BCUT2D eigenvalue weighted by Gasteiger charge is -2.46. The van der Waals surface area contributed by atoms with Crippen molar-refractivity contribution in [1.29, 1.82) is 0 Å². The molecule has 0 spiro atoms. The predicted octanol–water partition coefficient (Wildman–Crippen LogP) is 4.26. The van der Waals surface area contributed by atoms with E-state index in [1.807, 2.05) is 35.3 Å². The van der Waals surface area contributed by atoms with E-state index < -0.39 is 5.66 Å². The molecule has 3 aromatic carbocycles. The van der Waals surface area contributed by atoms with Crippen molar-refractivity contribution in [3.8, 4) is 11.5 Å². The molecule has 0 aliphatic carbocycles. The normalized spacial score (nSPS) is 18.6. The number of benzene rings is 3. The number of hydrogen-bond acceptors (Lipinski definition) is 6. The Labute approximate surface area is 199 Å². The van der Waals surface area contributed by atoms with Crippen LogP contribution in [-0.2, 0) is 12.1 Å². The average Bonchev–Trinajstić information content (AvgIpc) is 3.16. The third-order valence-electron chi connectivity index (χ3n) is 6.65. The first-order chi connectivity index (χ1) is 16.5. The minimum Gasteiger partial charge on any atom is -0.493 e. The van der Waals surface area contributed by atoms with Crippen molar-refractivity contribution in [1.82, 2.24) is 10.2 Å². The minimum absolute atomic E-state index is 0.189. The summed E-state index contributed by atoms with van der Waals surface area (Å²) in [4.78, 5) is 15.2. The summed E-state index contributed by atoms with van der Waals surface area (Å²) in [5.74, 6) is 1.70. The number of carbonyl (C=O) groups is 1. The molecule has 2 heterocycles. The molecular formula is C27H28N4O3. The highest BCUT2D eigenvalue weighted by Gasteiger charge is 2.51. The number of rotatable bonds is 4. The highest BCUT2D eigenvalue weighted by Crippen LogP contribution is 2.47. The van der Waals surface area contributed by atoms with E-state index in [-0.39, 0.29) is 5.91 Å². The second-order valence-electron chi connectivity index (χ2n) is 8.68. The SMILES string of the molecule is COc1cc2c(cc1OC)[C@@]1(C)N(CC2)C(NC(=O)c2ccccc2)=NN1c1ccc(C)cc1. The number of aryl methyl sites for hydroxylation is 1. The molecule has 0 unspecified atom stereocenters. The maximum absolute atomic E-state index is 13.0. The fourth-order valence-electron chi connectivity index (χ4n) is 4.80. The summed E-state index contributed by atoms with van der Waals surface area (Å²) in [7, 11) is 3.29. The van der Waals surface area contributed by atoms with Crippen molar-refractivity contribution in [2.75, 3.05) is 25.8 Å². The van der Waals surface area contributed by atoms with Crippen molar-refractivity contribution >= 4 is 17.6 Å². The monoisotopic (exact) mass is 456 g/mol. The first kappa shape index (κ1) is 21.8. The van der Waals surface area contributed by atoms with Gasteiger partial charge in [-0.3, -0.25) is 10.1 Å². The fraction of sp³-hybridized carbons (Fsp3) is 0.259. The van der Waals surface area contributed by atoms with Gasteiger partial charge in [0.1, 0.15) is 0 Å². The predicted molar refractivity (Wildman–Crippen MR) is 132 cm³/mol. The van der Waals surface area contributed by atoms with E-state index in [2.05, 4.69) is 48.3 Å². The first-order valence-corrected chi connectivity index (χ1v) is 11.3. The van der Waals surface area contributed by atoms with E-state index in [4.69, 9.17) is 14.6 Å². The highest BCUT2D eigenvalue weighted by molar-refractivity contribution is 6.06. The molecule has 2 aliphatic rings. The Morgan fingerprint density at radius 3 is 2.35 bits per heavy atom. The zero-order valence-electron chi connectivity index (χ0n) is 19.8. The van der Waals surface area contributed by atoms with Gasteiger partial charge < -0.3 is 14.4 Å². The molecule has 0 saturated carbocycles. The van der Waals surface area contributed by atoms with Crippen LogP contribution in [0.25, 0.3) is 0 Å². The molecule has 0 bridgehead atoms. The number of hydrazone groups is 1. The Morgan fingerprint density at radius 1 is 1.00 bits per heavy atom. The van der Waals surface area contributed by atoms with Crippen molar-refractivity contribution in [2.24, 2.45) is 5.10 Å². The van der Waals surface area contributed by atoms with Gasteiger partial charge in [-0.15, -0.1) is 5.10 Å². The summed E-state index contributed by atoms with van der Waals surface area (Å²) in [5.41, 5.74) is 4.25. The number of fused-ring (bicyclic) bond motifs is 3. The van der Waals surface area contributed by atoms with Crippen LogP contribution in [-0.4, -0.2) is 37.5 Å². The van der Waals surface area contributed by atoms with Crippen LogP contribution < -0.4 is 19.8 Å². The van der Waals surface area contributed by atoms with Gasteiger partial charge in [0.05, 0.1) is 19.9 Å². The van der Waals surface area contributed by atoms with Gasteiger partial charge in [-0.1, -0.05) is 35.9 Å². The van der Waals surface area contributed by atoms with E-state index in [0.29, 0.717) is 29.6 Å². The highest BCUT2D eigenvalue weighted by atomic mass is 16.5. The van der Waals surface area contributed by atoms with Gasteiger partial charge in [0.2, 0.25) is 5.96 Å². The van der Waals surface area contributed by atoms with Gasteiger partial charge in [-0.2, -0.15) is 0 Å². The Hall–Kier alpha value is -4.00. The topological polar surface area (TPSA) is 66.4 Å². The summed E-state index contributed by atoms with van der Waals surface area (Å²) in [6.45, 7) is 4.88. The molecule has 0 fully saturated rings. The number of guanidine groups is 1. The Morgan fingerprint density at radius 2 is 1.68 bits per heavy atom. The van der Waals surface area contributed by atoms with E-state index in [1.54, 1.807) is 26.4 Å². The summed E-state index contributed by atoms with van der Waals surface area (Å²) >= 11 is 0. The van der Waals surface area contributed by atoms with Crippen molar-refractivity contribution in [2.45, 2.75) is 25.9 Å². The average molecular weight is 457 g/mol. The maximum Gasteiger partial charge on any atom is 0.258 e. The number of hydrogen-bond donors (Lipinski definition) is 1. The number of anilines is 1. The lowest BCUT2D eigenvalue weighted by molar-refractivity contribution is 0.0967. The van der Waals surface area contributed by atoms with E-state index >= 15 is 0 Å². The second-order valence-corrected chi connectivity index (χ2v) is 8.68. The molecule has 3 aromatic rings. The molecule has 0 radical (unpaired) electrons. The van der Waals surface area contributed by atoms with Crippen LogP contribution in [0, 0.1) is 6.92 Å². The lowest BCUT2D eigenvalue weighted by atomic mass is 9.87. The summed E-state index contributed by atoms with van der Waals surface area (Å²) in [5, 5.41) is 9.97. The smallest absolute Gasteiger partial charge is 0.258 e. The zero-order valence-corrected chi connectivity index (χ0v) is 19.8. The molecular weight excluding hydrogens is 428 g/mol. The maximum atomic E-state index is 13.0. The Balaban J connectivity index is 1.61. The second kappa shape index (κ2) is 8.41. The molecule has 2 aliphatic heterocycles. The van der Waals surface area contributed by atoms with Gasteiger partial charge >= 0.3 is 0 Å². The number of carbonyl (C=O) groups excluding carboxylic acids is 1. The van der Waals surface area contributed by atoms with Crippen LogP contribution in [0.3, 0.4) is 0 Å². The number of amides is 1. The van der Waals surface area contributed by atoms with Crippen molar-refractivity contribution in [3.05, 3.63) is 89.0 Å². The van der Waals surface area contributed by atoms with Crippen molar-refractivity contribution < 1.29 is 14.3 Å². The van der Waals surface area contributed by atoms with Crippen LogP contribution in [0.4, 0.5) is 5.69 Å². The van der Waals surface area contributed by atoms with Crippen LogP contribution in [0.1, 0.15) is 34.0 Å². The summed E-state index contributed by atoms with van der Waals surface area (Å²) < 4.78 is 11.2. The lowest BCUT2D eigenvalue weighted by Crippen LogP contribution is -2.57. The fourth-order valence-corrected chi connectivity index (χ4v) is 4.80. The number of ether oxygens (including phenoxy) is 2. The molecule has 0 saturated heterocycles. The van der Waals surface area contributed by atoms with Gasteiger partial charge in [-0.25, -0.2) is 5.01 Å². The van der Waals surface area contributed by atoms with Crippen LogP contribution >= 0.6 is 0 Å². The van der Waals surface area contributed by atoms with Crippen molar-refractivity contribution in [3.63, 3.8) is 0 Å².